The van der Waals surface area contributed by atoms with Crippen LogP contribution < -0.4 is 5.84 Å². The Morgan fingerprint density at radius 3 is 1.76 bits per heavy atom. The quantitative estimate of drug-likeness (QED) is 0.252. The summed E-state index contributed by atoms with van der Waals surface area (Å²) in [6, 6.07) is 0. The first-order chi connectivity index (χ1) is 8.18. The molecule has 0 spiro atoms. The van der Waals surface area contributed by atoms with Crippen molar-refractivity contribution in [1.82, 2.24) is 5.01 Å². The van der Waals surface area contributed by atoms with Gasteiger partial charge in [-0.05, 0) is 6.42 Å². The Labute approximate surface area is 105 Å². The highest BCUT2D eigenvalue weighted by molar-refractivity contribution is 5.63. The van der Waals surface area contributed by atoms with Crippen LogP contribution in [0.2, 0.25) is 0 Å². The van der Waals surface area contributed by atoms with Crippen molar-refractivity contribution in [3.63, 3.8) is 0 Å². The lowest BCUT2D eigenvalue weighted by Crippen LogP contribution is -2.36. The van der Waals surface area contributed by atoms with Crippen molar-refractivity contribution in [3.05, 3.63) is 0 Å². The van der Waals surface area contributed by atoms with E-state index >= 15 is 0 Å². The number of unbranched alkanes of at least 4 members (excludes halogenated alkanes) is 9. The highest BCUT2D eigenvalue weighted by atomic mass is 16.4. The largest absolute Gasteiger partial charge is 0.464 e. The van der Waals surface area contributed by atoms with Crippen molar-refractivity contribution < 1.29 is 9.90 Å². The summed E-state index contributed by atoms with van der Waals surface area (Å²) in [4.78, 5) is 10.4. The van der Waals surface area contributed by atoms with Gasteiger partial charge >= 0.3 is 6.09 Å². The minimum atomic E-state index is -1.04. The maximum absolute atomic E-state index is 10.4. The van der Waals surface area contributed by atoms with E-state index in [2.05, 4.69) is 6.92 Å². The summed E-state index contributed by atoms with van der Waals surface area (Å²) in [6.07, 6.45) is 11.4. The van der Waals surface area contributed by atoms with E-state index in [0.29, 0.717) is 6.54 Å². The van der Waals surface area contributed by atoms with Crippen LogP contribution in [0.25, 0.3) is 0 Å². The molecule has 4 nitrogen and oxygen atoms in total. The van der Waals surface area contributed by atoms with Gasteiger partial charge in [0.2, 0.25) is 0 Å². The van der Waals surface area contributed by atoms with Crippen molar-refractivity contribution in [1.29, 1.82) is 0 Å². The predicted molar refractivity (Wildman–Crippen MR) is 70.8 cm³/mol. The lowest BCUT2D eigenvalue weighted by atomic mass is 10.1. The van der Waals surface area contributed by atoms with Crippen LogP contribution in [0.15, 0.2) is 0 Å². The standard InChI is InChI=1S/C13H28N2O2/c1-2-3-4-5-6-7-8-9-10-11-12-15(14)13(16)17/h2-12,14H2,1H3,(H,16,17). The molecular weight excluding hydrogens is 216 g/mol. The van der Waals surface area contributed by atoms with E-state index in [0.717, 1.165) is 17.9 Å². The summed E-state index contributed by atoms with van der Waals surface area (Å²) < 4.78 is 0. The first kappa shape index (κ1) is 16.2. The molecule has 0 unspecified atom stereocenters. The molecule has 1 amide bonds. The highest BCUT2D eigenvalue weighted by Gasteiger charge is 2.04. The minimum Gasteiger partial charge on any atom is -0.464 e. The summed E-state index contributed by atoms with van der Waals surface area (Å²) in [5, 5.41) is 9.39. The van der Waals surface area contributed by atoms with Crippen LogP contribution in [0.4, 0.5) is 4.79 Å². The lowest BCUT2D eigenvalue weighted by molar-refractivity contribution is 0.145. The van der Waals surface area contributed by atoms with Gasteiger partial charge < -0.3 is 5.11 Å². The molecule has 0 radical (unpaired) electrons. The molecule has 0 bridgehead atoms. The van der Waals surface area contributed by atoms with Gasteiger partial charge in [-0.1, -0.05) is 64.7 Å². The molecule has 0 fully saturated rings. The molecule has 17 heavy (non-hydrogen) atoms. The molecule has 0 aliphatic carbocycles. The van der Waals surface area contributed by atoms with Gasteiger partial charge in [0.15, 0.2) is 0 Å². The van der Waals surface area contributed by atoms with Crippen LogP contribution in [0.1, 0.15) is 71.1 Å². The Kier molecular flexibility index (Phi) is 11.2. The second-order valence-electron chi connectivity index (χ2n) is 4.66. The van der Waals surface area contributed by atoms with Crippen LogP contribution in [0.5, 0.6) is 0 Å². The number of rotatable bonds is 11. The number of nitrogens with zero attached hydrogens (tertiary/aromatic N) is 1. The number of hydrogen-bond donors (Lipinski definition) is 2. The zero-order valence-corrected chi connectivity index (χ0v) is 11.2. The Morgan fingerprint density at radius 2 is 1.35 bits per heavy atom. The molecular formula is C13H28N2O2. The van der Waals surface area contributed by atoms with Gasteiger partial charge in [0.1, 0.15) is 0 Å². The third kappa shape index (κ3) is 11.5. The third-order valence-corrected chi connectivity index (χ3v) is 3.00. The third-order valence-electron chi connectivity index (χ3n) is 3.00. The van der Waals surface area contributed by atoms with Gasteiger partial charge in [-0.15, -0.1) is 0 Å². The lowest BCUT2D eigenvalue weighted by Gasteiger charge is -2.11. The van der Waals surface area contributed by atoms with E-state index < -0.39 is 6.09 Å². The Morgan fingerprint density at radius 1 is 0.941 bits per heavy atom. The normalized spacial score (nSPS) is 10.5. The van der Waals surface area contributed by atoms with Crippen molar-refractivity contribution in [2.24, 2.45) is 5.84 Å². The topological polar surface area (TPSA) is 66.6 Å². The maximum atomic E-state index is 10.4. The van der Waals surface area contributed by atoms with Crippen molar-refractivity contribution in [3.8, 4) is 0 Å². The van der Waals surface area contributed by atoms with Crippen LogP contribution in [-0.4, -0.2) is 22.8 Å². The van der Waals surface area contributed by atoms with E-state index in [1.165, 1.54) is 51.4 Å². The van der Waals surface area contributed by atoms with E-state index in [1.54, 1.807) is 0 Å². The average molecular weight is 244 g/mol. The average Bonchev–Trinajstić information content (AvgIpc) is 2.31. The predicted octanol–water partition coefficient (Wildman–Crippen LogP) is 3.76. The molecule has 0 saturated heterocycles. The van der Waals surface area contributed by atoms with Crippen LogP contribution in [0, 0.1) is 0 Å². The van der Waals surface area contributed by atoms with E-state index in [4.69, 9.17) is 10.9 Å². The maximum Gasteiger partial charge on any atom is 0.421 e. The van der Waals surface area contributed by atoms with Gasteiger partial charge in [-0.2, -0.15) is 0 Å². The van der Waals surface area contributed by atoms with Crippen LogP contribution in [-0.2, 0) is 0 Å². The number of nitrogens with two attached hydrogens (primary N) is 1. The molecule has 0 aromatic rings. The molecule has 4 heteroatoms. The molecule has 0 aromatic carbocycles. The molecule has 0 rings (SSSR count). The summed E-state index contributed by atoms with van der Waals surface area (Å²) in [5.41, 5.74) is 0. The van der Waals surface area contributed by atoms with Crippen LogP contribution in [0.3, 0.4) is 0 Å². The number of carboxylic acid groups (broad SMARTS) is 1. The Bertz CT molecular complexity index is 186. The van der Waals surface area contributed by atoms with E-state index in [9.17, 15) is 4.79 Å². The number of carbonyl (C=O) groups is 1. The van der Waals surface area contributed by atoms with Gasteiger partial charge in [-0.3, -0.25) is 0 Å². The SMILES string of the molecule is CCCCCCCCCCCCN(N)C(=O)O. The van der Waals surface area contributed by atoms with Gasteiger partial charge in [0.25, 0.3) is 0 Å². The monoisotopic (exact) mass is 244 g/mol. The van der Waals surface area contributed by atoms with Crippen molar-refractivity contribution >= 4 is 6.09 Å². The molecule has 0 aromatic heterocycles. The smallest absolute Gasteiger partial charge is 0.421 e. The number of hydrogen-bond acceptors (Lipinski definition) is 2. The van der Waals surface area contributed by atoms with Gasteiger partial charge in [0.05, 0.1) is 0 Å². The fourth-order valence-electron chi connectivity index (χ4n) is 1.87. The van der Waals surface area contributed by atoms with Gasteiger partial charge in [0, 0.05) is 6.54 Å². The zero-order valence-electron chi connectivity index (χ0n) is 11.2. The molecule has 0 aliphatic rings. The Balaban J connectivity index is 3.06. The first-order valence-corrected chi connectivity index (χ1v) is 6.93. The summed E-state index contributed by atoms with van der Waals surface area (Å²) >= 11 is 0. The first-order valence-electron chi connectivity index (χ1n) is 6.93. The summed E-state index contributed by atoms with van der Waals surface area (Å²) in [6.45, 7) is 2.68. The fourth-order valence-corrected chi connectivity index (χ4v) is 1.87. The molecule has 3 N–H and O–H groups in total. The zero-order chi connectivity index (χ0) is 12.9. The van der Waals surface area contributed by atoms with Crippen LogP contribution >= 0.6 is 0 Å². The van der Waals surface area contributed by atoms with E-state index in [-0.39, 0.29) is 0 Å². The second-order valence-corrected chi connectivity index (χ2v) is 4.66. The molecule has 0 aliphatic heterocycles. The van der Waals surface area contributed by atoms with Crippen molar-refractivity contribution in [2.75, 3.05) is 6.54 Å². The summed E-state index contributed by atoms with van der Waals surface area (Å²) in [5.74, 6) is 5.26. The fraction of sp³-hybridized carbons (Fsp3) is 0.923. The number of amides is 1. The number of hydrazine groups is 1. The summed E-state index contributed by atoms with van der Waals surface area (Å²) in [7, 11) is 0. The van der Waals surface area contributed by atoms with Gasteiger partial charge in [-0.25, -0.2) is 15.6 Å². The van der Waals surface area contributed by atoms with E-state index in [1.807, 2.05) is 0 Å². The molecule has 0 heterocycles. The molecule has 102 valence electrons. The highest BCUT2D eigenvalue weighted by Crippen LogP contribution is 2.10. The second kappa shape index (κ2) is 11.7. The Hall–Kier alpha value is -0.770. The minimum absolute atomic E-state index is 0.450. The molecule has 0 atom stereocenters. The molecule has 0 saturated carbocycles. The van der Waals surface area contributed by atoms with Crippen molar-refractivity contribution in [2.45, 2.75) is 71.1 Å².